The minimum absolute atomic E-state index is 0.492. The Morgan fingerprint density at radius 1 is 1.00 bits per heavy atom. The third-order valence-corrected chi connectivity index (χ3v) is 4.82. The predicted molar refractivity (Wildman–Crippen MR) is 109 cm³/mol. The van der Waals surface area contributed by atoms with Gasteiger partial charge in [-0.2, -0.15) is 4.98 Å². The Balaban J connectivity index is 1.73. The van der Waals surface area contributed by atoms with E-state index in [1.807, 2.05) is 18.2 Å². The average Bonchev–Trinajstić information content (AvgIpc) is 3.43. The molecule has 1 saturated carbocycles. The molecule has 3 aromatic rings. The van der Waals surface area contributed by atoms with E-state index in [1.165, 1.54) is 12.8 Å². The van der Waals surface area contributed by atoms with E-state index in [0.29, 0.717) is 12.0 Å². The number of nitrogens with zero attached hydrogens (tertiary/aromatic N) is 3. The maximum absolute atomic E-state index is 4.69. The molecule has 1 aromatic carbocycles. The molecule has 6 heteroatoms. The standard InChI is InChI=1S/C20H20BrN5/c1-12-9-15(21)10-13(2)19(12)25-18-11-17(14-5-7-22-8-6-14)24-20(26-18)23-16-3-4-16/h5-11,16H,3-4H2,1-2H3,(H2,23,24,25,26). The van der Waals surface area contributed by atoms with Crippen molar-refractivity contribution in [1.29, 1.82) is 0 Å². The van der Waals surface area contributed by atoms with Crippen LogP contribution in [0.4, 0.5) is 17.5 Å². The number of nitrogens with one attached hydrogen (secondary N) is 2. The van der Waals surface area contributed by atoms with Gasteiger partial charge in [0.25, 0.3) is 0 Å². The van der Waals surface area contributed by atoms with Crippen LogP contribution in [0.3, 0.4) is 0 Å². The van der Waals surface area contributed by atoms with Crippen molar-refractivity contribution < 1.29 is 0 Å². The molecule has 0 spiro atoms. The van der Waals surface area contributed by atoms with E-state index in [0.717, 1.165) is 38.4 Å². The first-order chi connectivity index (χ1) is 12.6. The van der Waals surface area contributed by atoms with Gasteiger partial charge in [-0.1, -0.05) is 15.9 Å². The topological polar surface area (TPSA) is 62.7 Å². The Morgan fingerprint density at radius 2 is 1.69 bits per heavy atom. The summed E-state index contributed by atoms with van der Waals surface area (Å²) in [6.45, 7) is 4.18. The Labute approximate surface area is 161 Å². The summed E-state index contributed by atoms with van der Waals surface area (Å²) in [5.41, 5.74) is 5.30. The second-order valence-electron chi connectivity index (χ2n) is 6.66. The fraction of sp³-hybridized carbons (Fsp3) is 0.250. The van der Waals surface area contributed by atoms with Crippen LogP contribution in [0.1, 0.15) is 24.0 Å². The highest BCUT2D eigenvalue weighted by Gasteiger charge is 2.22. The number of hydrogen-bond acceptors (Lipinski definition) is 5. The average molecular weight is 410 g/mol. The van der Waals surface area contributed by atoms with Crippen LogP contribution in [0, 0.1) is 13.8 Å². The molecule has 5 nitrogen and oxygen atoms in total. The van der Waals surface area contributed by atoms with Gasteiger partial charge in [0.1, 0.15) is 5.82 Å². The molecule has 26 heavy (non-hydrogen) atoms. The largest absolute Gasteiger partial charge is 0.351 e. The van der Waals surface area contributed by atoms with Crippen LogP contribution in [0.5, 0.6) is 0 Å². The molecule has 4 rings (SSSR count). The van der Waals surface area contributed by atoms with Crippen molar-refractivity contribution >= 4 is 33.4 Å². The summed E-state index contributed by atoms with van der Waals surface area (Å²) in [5, 5.41) is 6.89. The number of rotatable bonds is 5. The first-order valence-electron chi connectivity index (χ1n) is 8.68. The third-order valence-electron chi connectivity index (χ3n) is 4.36. The van der Waals surface area contributed by atoms with Crippen molar-refractivity contribution in [3.05, 3.63) is 58.3 Å². The van der Waals surface area contributed by atoms with Crippen LogP contribution in [0.15, 0.2) is 47.2 Å². The van der Waals surface area contributed by atoms with E-state index in [9.17, 15) is 0 Å². The smallest absolute Gasteiger partial charge is 0.225 e. The van der Waals surface area contributed by atoms with Crippen molar-refractivity contribution in [2.75, 3.05) is 10.6 Å². The second-order valence-corrected chi connectivity index (χ2v) is 7.57. The lowest BCUT2D eigenvalue weighted by molar-refractivity contribution is 1.06. The fourth-order valence-electron chi connectivity index (χ4n) is 2.89. The van der Waals surface area contributed by atoms with Gasteiger partial charge in [0.2, 0.25) is 5.95 Å². The van der Waals surface area contributed by atoms with Gasteiger partial charge in [0.15, 0.2) is 0 Å². The van der Waals surface area contributed by atoms with E-state index in [-0.39, 0.29) is 0 Å². The van der Waals surface area contributed by atoms with Gasteiger partial charge in [-0.3, -0.25) is 4.98 Å². The number of aryl methyl sites for hydroxylation is 2. The van der Waals surface area contributed by atoms with Gasteiger partial charge in [-0.15, -0.1) is 0 Å². The molecule has 1 aliphatic carbocycles. The van der Waals surface area contributed by atoms with Gasteiger partial charge >= 0.3 is 0 Å². The number of hydrogen-bond donors (Lipinski definition) is 2. The number of benzene rings is 1. The lowest BCUT2D eigenvalue weighted by atomic mass is 10.1. The third kappa shape index (κ3) is 3.85. The first-order valence-corrected chi connectivity index (χ1v) is 9.47. The van der Waals surface area contributed by atoms with Gasteiger partial charge in [0.05, 0.1) is 5.69 Å². The van der Waals surface area contributed by atoms with Crippen LogP contribution in [0.2, 0.25) is 0 Å². The number of aromatic nitrogens is 3. The molecule has 0 amide bonds. The molecule has 0 atom stereocenters. The molecular weight excluding hydrogens is 390 g/mol. The van der Waals surface area contributed by atoms with Crippen LogP contribution in [-0.4, -0.2) is 21.0 Å². The number of pyridine rings is 1. The molecule has 2 N–H and O–H groups in total. The Bertz CT molecular complexity index is 915. The number of halogens is 1. The van der Waals surface area contributed by atoms with E-state index < -0.39 is 0 Å². The Hall–Kier alpha value is -2.47. The zero-order valence-corrected chi connectivity index (χ0v) is 16.3. The van der Waals surface area contributed by atoms with Crippen molar-refractivity contribution in [2.45, 2.75) is 32.7 Å². The van der Waals surface area contributed by atoms with E-state index in [2.05, 4.69) is 67.5 Å². The molecule has 0 unspecified atom stereocenters. The van der Waals surface area contributed by atoms with Crippen LogP contribution < -0.4 is 10.6 Å². The normalized spacial score (nSPS) is 13.5. The first kappa shape index (κ1) is 17.0. The highest BCUT2D eigenvalue weighted by atomic mass is 79.9. The molecule has 132 valence electrons. The van der Waals surface area contributed by atoms with Gasteiger partial charge in [0, 0.05) is 40.2 Å². The van der Waals surface area contributed by atoms with Crippen molar-refractivity contribution in [1.82, 2.24) is 15.0 Å². The SMILES string of the molecule is Cc1cc(Br)cc(C)c1Nc1cc(-c2ccncc2)nc(NC2CC2)n1. The van der Waals surface area contributed by atoms with E-state index in [4.69, 9.17) is 0 Å². The Morgan fingerprint density at radius 3 is 2.35 bits per heavy atom. The summed E-state index contributed by atoms with van der Waals surface area (Å²) in [7, 11) is 0. The summed E-state index contributed by atoms with van der Waals surface area (Å²) < 4.78 is 1.08. The maximum atomic E-state index is 4.69. The zero-order chi connectivity index (χ0) is 18.1. The minimum Gasteiger partial charge on any atom is -0.351 e. The highest BCUT2D eigenvalue weighted by Crippen LogP contribution is 2.30. The van der Waals surface area contributed by atoms with E-state index in [1.54, 1.807) is 12.4 Å². The minimum atomic E-state index is 0.492. The summed E-state index contributed by atoms with van der Waals surface area (Å²) in [5.74, 6) is 1.44. The van der Waals surface area contributed by atoms with Crippen LogP contribution >= 0.6 is 15.9 Å². The molecule has 0 radical (unpaired) electrons. The molecule has 0 bridgehead atoms. The molecule has 2 aromatic heterocycles. The summed E-state index contributed by atoms with van der Waals surface area (Å²) in [4.78, 5) is 13.5. The molecule has 0 aliphatic heterocycles. The van der Waals surface area contributed by atoms with Crippen LogP contribution in [0.25, 0.3) is 11.3 Å². The van der Waals surface area contributed by atoms with Crippen molar-refractivity contribution in [3.63, 3.8) is 0 Å². The molecule has 0 saturated heterocycles. The molecule has 2 heterocycles. The zero-order valence-electron chi connectivity index (χ0n) is 14.8. The van der Waals surface area contributed by atoms with Gasteiger partial charge in [-0.25, -0.2) is 4.98 Å². The number of anilines is 3. The monoisotopic (exact) mass is 409 g/mol. The lowest BCUT2D eigenvalue weighted by Crippen LogP contribution is -2.08. The van der Waals surface area contributed by atoms with Gasteiger partial charge < -0.3 is 10.6 Å². The predicted octanol–water partition coefficient (Wildman–Crippen LogP) is 5.24. The van der Waals surface area contributed by atoms with Gasteiger partial charge in [-0.05, 0) is 62.1 Å². The molecular formula is C20H20BrN5. The summed E-state index contributed by atoms with van der Waals surface area (Å²) >= 11 is 3.55. The molecule has 1 fully saturated rings. The fourth-order valence-corrected chi connectivity index (χ4v) is 3.58. The highest BCUT2D eigenvalue weighted by molar-refractivity contribution is 9.10. The van der Waals surface area contributed by atoms with E-state index >= 15 is 0 Å². The summed E-state index contributed by atoms with van der Waals surface area (Å²) in [6, 6.07) is 10.6. The summed E-state index contributed by atoms with van der Waals surface area (Å²) in [6.07, 6.45) is 5.91. The quantitative estimate of drug-likeness (QED) is 0.603. The maximum Gasteiger partial charge on any atom is 0.225 e. The van der Waals surface area contributed by atoms with Crippen LogP contribution in [-0.2, 0) is 0 Å². The Kier molecular flexibility index (Phi) is 4.59. The second kappa shape index (κ2) is 7.03. The van der Waals surface area contributed by atoms with Crippen molar-refractivity contribution in [2.24, 2.45) is 0 Å². The molecule has 1 aliphatic rings. The lowest BCUT2D eigenvalue weighted by Gasteiger charge is -2.15. The van der Waals surface area contributed by atoms with Crippen molar-refractivity contribution in [3.8, 4) is 11.3 Å².